The fourth-order valence-corrected chi connectivity index (χ4v) is 3.02. The fourth-order valence-electron chi connectivity index (χ4n) is 3.02. The van der Waals surface area contributed by atoms with Gasteiger partial charge < -0.3 is 31.2 Å². The number of benzene rings is 2. The molecule has 8 nitrogen and oxygen atoms in total. The lowest BCUT2D eigenvalue weighted by molar-refractivity contribution is 0.1000. The molecule has 0 radical (unpaired) electrons. The average molecular weight is 447 g/mol. The molecular weight excluding hydrogens is 420 g/mol. The highest BCUT2D eigenvalue weighted by atomic mass is 16.5. The smallest absolute Gasteiger partial charge is 0.254 e. The second kappa shape index (κ2) is 10.2. The van der Waals surface area contributed by atoms with Crippen LogP contribution in [0.1, 0.15) is 28.4 Å². The van der Waals surface area contributed by atoms with E-state index in [0.29, 0.717) is 39.8 Å². The van der Waals surface area contributed by atoms with Crippen LogP contribution in [0.2, 0.25) is 0 Å². The number of nitrogens with zero attached hydrogens (tertiary/aromatic N) is 1. The number of hydrogen-bond donors (Lipinski definition) is 3. The lowest BCUT2D eigenvalue weighted by Gasteiger charge is -2.14. The zero-order valence-corrected chi connectivity index (χ0v) is 18.4. The van der Waals surface area contributed by atoms with Gasteiger partial charge in [-0.1, -0.05) is 6.07 Å². The highest BCUT2D eigenvalue weighted by Crippen LogP contribution is 2.28. The first-order valence-electron chi connectivity index (χ1n) is 10.1. The van der Waals surface area contributed by atoms with Crippen molar-refractivity contribution in [2.24, 2.45) is 17.2 Å². The fraction of sp³-hybridized carbons (Fsp3) is 0.120. The van der Waals surface area contributed by atoms with Gasteiger partial charge in [0.15, 0.2) is 0 Å². The van der Waals surface area contributed by atoms with Crippen molar-refractivity contribution in [3.05, 3.63) is 106 Å². The van der Waals surface area contributed by atoms with Crippen LogP contribution in [0.4, 0.5) is 0 Å². The number of nitrogens with two attached hydrogens (primary N) is 3. The lowest BCUT2D eigenvalue weighted by atomic mass is 10.1. The van der Waals surface area contributed by atoms with Crippen molar-refractivity contribution in [2.75, 3.05) is 7.11 Å². The molecule has 0 bridgehead atoms. The summed E-state index contributed by atoms with van der Waals surface area (Å²) >= 11 is 0. The molecule has 0 atom stereocenters. The van der Waals surface area contributed by atoms with Gasteiger partial charge in [-0.25, -0.2) is 0 Å². The van der Waals surface area contributed by atoms with Gasteiger partial charge in [0.25, 0.3) is 5.56 Å². The summed E-state index contributed by atoms with van der Waals surface area (Å²) in [5.41, 5.74) is 19.9. The molecule has 0 spiro atoms. The number of aromatic nitrogens is 1. The molecular formula is C25H26N4O4. The molecule has 33 heavy (non-hydrogen) atoms. The second-order valence-corrected chi connectivity index (χ2v) is 7.38. The Kier molecular flexibility index (Phi) is 7.20. The van der Waals surface area contributed by atoms with Crippen molar-refractivity contribution in [3.8, 4) is 17.2 Å². The maximum Gasteiger partial charge on any atom is 0.254 e. The highest BCUT2D eigenvalue weighted by Gasteiger charge is 2.12. The molecule has 3 aromatic rings. The maximum absolute atomic E-state index is 12.4. The molecule has 0 saturated heterocycles. The van der Waals surface area contributed by atoms with Crippen LogP contribution in [0.3, 0.4) is 0 Å². The summed E-state index contributed by atoms with van der Waals surface area (Å²) in [4.78, 5) is 24.1. The third kappa shape index (κ3) is 6.04. The molecule has 0 fully saturated rings. The Balaban J connectivity index is 1.91. The zero-order chi connectivity index (χ0) is 24.0. The van der Waals surface area contributed by atoms with Gasteiger partial charge >= 0.3 is 0 Å². The van der Waals surface area contributed by atoms with Crippen LogP contribution < -0.4 is 32.2 Å². The van der Waals surface area contributed by atoms with Crippen molar-refractivity contribution in [1.29, 1.82) is 0 Å². The quantitative estimate of drug-likeness (QED) is 0.455. The van der Waals surface area contributed by atoms with E-state index in [1.54, 1.807) is 61.7 Å². The van der Waals surface area contributed by atoms with Gasteiger partial charge in [0.1, 0.15) is 17.2 Å². The minimum absolute atomic E-state index is 0.229. The number of allylic oxidation sites excluding steroid dienone is 3. The average Bonchev–Trinajstić information content (AvgIpc) is 2.80. The SMILES string of the molecule is COc1ccn(Cc2ccc(C(N)=O)cc2Oc2ccc(/C(N)=C/C=C(/C)N)cc2)c(=O)c1. The van der Waals surface area contributed by atoms with E-state index in [2.05, 4.69) is 0 Å². The van der Waals surface area contributed by atoms with Crippen molar-refractivity contribution in [3.63, 3.8) is 0 Å². The van der Waals surface area contributed by atoms with Crippen LogP contribution >= 0.6 is 0 Å². The van der Waals surface area contributed by atoms with Gasteiger partial charge in [0, 0.05) is 34.8 Å². The third-order valence-corrected chi connectivity index (χ3v) is 4.84. The molecule has 2 aromatic carbocycles. The number of rotatable bonds is 8. The Morgan fingerprint density at radius 3 is 2.24 bits per heavy atom. The van der Waals surface area contributed by atoms with Gasteiger partial charge in [-0.3, -0.25) is 9.59 Å². The van der Waals surface area contributed by atoms with Crippen LogP contribution in [0, 0.1) is 0 Å². The van der Waals surface area contributed by atoms with Gasteiger partial charge in [-0.05, 0) is 67.1 Å². The molecule has 170 valence electrons. The predicted octanol–water partition coefficient (Wildman–Crippen LogP) is 2.96. The number of pyridine rings is 1. The van der Waals surface area contributed by atoms with E-state index in [9.17, 15) is 9.59 Å². The highest BCUT2D eigenvalue weighted by molar-refractivity contribution is 5.93. The summed E-state index contributed by atoms with van der Waals surface area (Å²) in [6.45, 7) is 2.01. The van der Waals surface area contributed by atoms with Crippen molar-refractivity contribution in [1.82, 2.24) is 4.57 Å². The number of primary amides is 1. The Morgan fingerprint density at radius 1 is 0.939 bits per heavy atom. The third-order valence-electron chi connectivity index (χ3n) is 4.84. The van der Waals surface area contributed by atoms with Crippen molar-refractivity contribution < 1.29 is 14.3 Å². The number of methoxy groups -OCH3 is 1. The Bertz CT molecular complexity index is 1270. The molecule has 1 amide bonds. The van der Waals surface area contributed by atoms with E-state index in [-0.39, 0.29) is 12.1 Å². The molecule has 0 unspecified atom stereocenters. The minimum atomic E-state index is -0.579. The number of carbonyl (C=O) groups is 1. The summed E-state index contributed by atoms with van der Waals surface area (Å²) in [6.07, 6.45) is 5.09. The first-order chi connectivity index (χ1) is 15.8. The summed E-state index contributed by atoms with van der Waals surface area (Å²) in [5.74, 6) is 0.834. The van der Waals surface area contributed by atoms with E-state index in [4.69, 9.17) is 26.7 Å². The molecule has 0 saturated carbocycles. The van der Waals surface area contributed by atoms with Crippen LogP contribution in [-0.4, -0.2) is 17.6 Å². The largest absolute Gasteiger partial charge is 0.497 e. The monoisotopic (exact) mass is 446 g/mol. The summed E-state index contributed by atoms with van der Waals surface area (Å²) in [6, 6.07) is 15.1. The van der Waals surface area contributed by atoms with Crippen LogP contribution in [0.25, 0.3) is 5.70 Å². The van der Waals surface area contributed by atoms with Crippen molar-refractivity contribution in [2.45, 2.75) is 13.5 Å². The van der Waals surface area contributed by atoms with Gasteiger partial charge in [0.05, 0.1) is 13.7 Å². The summed E-state index contributed by atoms with van der Waals surface area (Å²) in [7, 11) is 1.50. The second-order valence-electron chi connectivity index (χ2n) is 7.38. The first-order valence-corrected chi connectivity index (χ1v) is 10.1. The molecule has 0 aliphatic heterocycles. The van der Waals surface area contributed by atoms with Crippen molar-refractivity contribution >= 4 is 11.6 Å². The predicted molar refractivity (Wildman–Crippen MR) is 128 cm³/mol. The Morgan fingerprint density at radius 2 is 1.64 bits per heavy atom. The van der Waals surface area contributed by atoms with E-state index in [1.165, 1.54) is 17.7 Å². The van der Waals surface area contributed by atoms with Gasteiger partial charge in [-0.15, -0.1) is 0 Å². The Labute approximate surface area is 191 Å². The number of hydrogen-bond acceptors (Lipinski definition) is 6. The first kappa shape index (κ1) is 23.2. The van der Waals surface area contributed by atoms with E-state index < -0.39 is 5.91 Å². The molecule has 0 aliphatic rings. The van der Waals surface area contributed by atoms with Crippen LogP contribution in [-0.2, 0) is 6.54 Å². The lowest BCUT2D eigenvalue weighted by Crippen LogP contribution is -2.19. The topological polar surface area (TPSA) is 136 Å². The summed E-state index contributed by atoms with van der Waals surface area (Å²) in [5, 5.41) is 0. The molecule has 3 rings (SSSR count). The number of ether oxygens (including phenoxy) is 2. The summed E-state index contributed by atoms with van der Waals surface area (Å²) < 4.78 is 12.6. The normalized spacial score (nSPS) is 11.8. The number of amides is 1. The molecule has 1 aromatic heterocycles. The molecule has 0 aliphatic carbocycles. The minimum Gasteiger partial charge on any atom is -0.497 e. The van der Waals surface area contributed by atoms with Gasteiger partial charge in [-0.2, -0.15) is 0 Å². The zero-order valence-electron chi connectivity index (χ0n) is 18.4. The maximum atomic E-state index is 12.4. The molecule has 6 N–H and O–H groups in total. The van der Waals surface area contributed by atoms with Crippen LogP contribution in [0.15, 0.2) is 83.4 Å². The standard InChI is InChI=1S/C25H26N4O4/c1-16(26)3-10-22(27)17-6-8-20(9-7-17)33-23-13-18(25(28)31)4-5-19(23)15-29-12-11-21(32-2)14-24(29)30/h3-14H,15,26-27H2,1-2H3,(H2,28,31)/b16-3-,22-10-. The van der Waals surface area contributed by atoms with Crippen LogP contribution in [0.5, 0.6) is 17.2 Å². The van der Waals surface area contributed by atoms with E-state index in [1.807, 2.05) is 12.1 Å². The molecule has 8 heteroatoms. The Hall–Kier alpha value is -4.46. The number of carbonyl (C=O) groups excluding carboxylic acids is 1. The van der Waals surface area contributed by atoms with Gasteiger partial charge in [0.2, 0.25) is 5.91 Å². The molecule has 1 heterocycles. The van der Waals surface area contributed by atoms with E-state index in [0.717, 1.165) is 5.56 Å². The van der Waals surface area contributed by atoms with E-state index >= 15 is 0 Å².